The quantitative estimate of drug-likeness (QED) is 0.0420. The molecule has 46 heavy (non-hydrogen) atoms. The van der Waals surface area contributed by atoms with E-state index in [1.54, 1.807) is 36.4 Å². The number of carbonyl (C=O) groups excluding carboxylic acids is 3. The highest BCUT2D eigenvalue weighted by Crippen LogP contribution is 2.37. The fourth-order valence-electron chi connectivity index (χ4n) is 4.01. The maximum absolute atomic E-state index is 13.3. The van der Waals surface area contributed by atoms with Gasteiger partial charge in [-0.25, -0.2) is 4.79 Å². The van der Waals surface area contributed by atoms with Crippen LogP contribution in [0.5, 0.6) is 0 Å². The SMILES string of the molecule is NCCSc1c(NC(=O)CCCCN=C(N)N)cccc1NC(=O)Nc1cccc(NC(=O)CCCCN=C(N)N)c1SCCN. The van der Waals surface area contributed by atoms with E-state index in [-0.39, 0.29) is 36.6 Å². The molecule has 252 valence electrons. The number of thioether (sulfide) groups is 2. The van der Waals surface area contributed by atoms with Gasteiger partial charge in [0.1, 0.15) is 0 Å². The van der Waals surface area contributed by atoms with Crippen LogP contribution in [-0.2, 0) is 9.59 Å². The van der Waals surface area contributed by atoms with Crippen LogP contribution < -0.4 is 55.7 Å². The van der Waals surface area contributed by atoms with Gasteiger partial charge < -0.3 is 55.7 Å². The van der Waals surface area contributed by atoms with Gasteiger partial charge in [-0.15, -0.1) is 23.5 Å². The summed E-state index contributed by atoms with van der Waals surface area (Å²) >= 11 is 2.84. The average molecular weight is 675 g/mol. The molecule has 2 rings (SSSR count). The molecule has 0 aromatic heterocycles. The molecule has 0 radical (unpaired) electrons. The number of unbranched alkanes of at least 4 members (excludes halogenated alkanes) is 2. The number of nitrogens with one attached hydrogen (secondary N) is 4. The van der Waals surface area contributed by atoms with E-state index in [0.29, 0.717) is 95.9 Å². The van der Waals surface area contributed by atoms with Gasteiger partial charge in [0.15, 0.2) is 11.9 Å². The van der Waals surface area contributed by atoms with E-state index >= 15 is 0 Å². The number of guanidine groups is 2. The smallest absolute Gasteiger partial charge is 0.323 e. The second-order valence-electron chi connectivity index (χ2n) is 9.84. The Morgan fingerprint density at radius 1 is 0.587 bits per heavy atom. The Morgan fingerprint density at radius 2 is 0.957 bits per heavy atom. The summed E-state index contributed by atoms with van der Waals surface area (Å²) in [5, 5.41) is 11.7. The minimum absolute atomic E-state index is 0.0212. The third-order valence-electron chi connectivity index (χ3n) is 6.02. The minimum Gasteiger partial charge on any atom is -0.370 e. The molecular weight excluding hydrogens is 629 g/mol. The van der Waals surface area contributed by atoms with Crippen LogP contribution in [0.3, 0.4) is 0 Å². The molecule has 2 aromatic rings. The number of anilines is 4. The molecule has 0 saturated heterocycles. The second-order valence-corrected chi connectivity index (χ2v) is 12.1. The summed E-state index contributed by atoms with van der Waals surface area (Å²) in [6.07, 6.45) is 3.12. The van der Waals surface area contributed by atoms with Crippen molar-refractivity contribution in [1.29, 1.82) is 0 Å². The molecule has 0 aliphatic carbocycles. The highest BCUT2D eigenvalue weighted by molar-refractivity contribution is 7.99. The second kappa shape index (κ2) is 21.5. The largest absolute Gasteiger partial charge is 0.370 e. The molecule has 2 aromatic carbocycles. The summed E-state index contributed by atoms with van der Waals surface area (Å²) in [6, 6.07) is 10.0. The standard InChI is InChI=1S/C29H46N12O3S2/c30-13-17-45-25-19(38-23(42)11-1-3-15-36-27(32)33)7-5-9-21(25)40-29(44)41-22-10-6-8-20(26(22)46-18-14-31)39-24(43)12-2-4-16-37-28(34)35/h5-10H,1-4,11-18,30-31H2,(H,38,42)(H,39,43)(H4,32,33,36)(H4,34,35,37)(H2,40,41,44). The number of nitrogens with zero attached hydrogens (tertiary/aromatic N) is 2. The lowest BCUT2D eigenvalue weighted by atomic mass is 10.2. The van der Waals surface area contributed by atoms with Gasteiger partial charge in [0.05, 0.1) is 32.5 Å². The summed E-state index contributed by atoms with van der Waals surface area (Å²) in [4.78, 5) is 47.8. The Hall–Kier alpha value is -4.19. The van der Waals surface area contributed by atoms with Crippen LogP contribution in [0.25, 0.3) is 0 Å². The zero-order valence-electron chi connectivity index (χ0n) is 25.8. The number of aliphatic imine (C=N–C) groups is 2. The van der Waals surface area contributed by atoms with Crippen LogP contribution in [0, 0.1) is 0 Å². The van der Waals surface area contributed by atoms with E-state index in [2.05, 4.69) is 31.3 Å². The molecule has 15 nitrogen and oxygen atoms in total. The number of amides is 4. The van der Waals surface area contributed by atoms with E-state index in [9.17, 15) is 14.4 Å². The third kappa shape index (κ3) is 14.7. The fraction of sp³-hybridized carbons (Fsp3) is 0.414. The average Bonchev–Trinajstić information content (AvgIpc) is 2.99. The van der Waals surface area contributed by atoms with E-state index in [4.69, 9.17) is 34.4 Å². The monoisotopic (exact) mass is 674 g/mol. The highest BCUT2D eigenvalue weighted by atomic mass is 32.2. The molecule has 4 amide bonds. The van der Waals surface area contributed by atoms with Crippen molar-refractivity contribution in [2.45, 2.75) is 48.3 Å². The van der Waals surface area contributed by atoms with Crippen molar-refractivity contribution in [3.63, 3.8) is 0 Å². The molecule has 0 saturated carbocycles. The number of hydrogen-bond donors (Lipinski definition) is 10. The first-order valence-electron chi connectivity index (χ1n) is 14.8. The number of urea groups is 1. The Morgan fingerprint density at radius 3 is 1.30 bits per heavy atom. The molecule has 0 aliphatic rings. The lowest BCUT2D eigenvalue weighted by Gasteiger charge is -2.18. The van der Waals surface area contributed by atoms with E-state index in [1.165, 1.54) is 23.5 Å². The summed E-state index contributed by atoms with van der Waals surface area (Å²) in [6.45, 7) is 1.70. The van der Waals surface area contributed by atoms with Gasteiger partial charge in [0.25, 0.3) is 0 Å². The molecule has 0 unspecified atom stereocenters. The predicted molar refractivity (Wildman–Crippen MR) is 191 cm³/mol. The molecular formula is C29H46N12O3S2. The van der Waals surface area contributed by atoms with Gasteiger partial charge in [-0.3, -0.25) is 19.6 Å². The van der Waals surface area contributed by atoms with Crippen LogP contribution >= 0.6 is 23.5 Å². The van der Waals surface area contributed by atoms with E-state index in [0.717, 1.165) is 0 Å². The van der Waals surface area contributed by atoms with Gasteiger partial charge >= 0.3 is 6.03 Å². The Bertz CT molecular complexity index is 1250. The lowest BCUT2D eigenvalue weighted by molar-refractivity contribution is -0.117. The molecule has 0 fully saturated rings. The topological polar surface area (TPSA) is 280 Å². The van der Waals surface area contributed by atoms with Crippen LogP contribution in [0.1, 0.15) is 38.5 Å². The molecule has 17 heteroatoms. The molecule has 0 heterocycles. The van der Waals surface area contributed by atoms with Gasteiger partial charge in [-0.2, -0.15) is 0 Å². The lowest BCUT2D eigenvalue weighted by Crippen LogP contribution is -2.23. The Kier molecular flexibility index (Phi) is 17.8. The number of hydrogen-bond acceptors (Lipinski definition) is 9. The van der Waals surface area contributed by atoms with Gasteiger partial charge in [-0.05, 0) is 49.9 Å². The molecule has 0 atom stereocenters. The predicted octanol–water partition coefficient (Wildman–Crippen LogP) is 2.20. The Labute approximate surface area is 277 Å². The zero-order valence-corrected chi connectivity index (χ0v) is 27.5. The van der Waals surface area contributed by atoms with Gasteiger partial charge in [-0.1, -0.05) is 12.1 Å². The first-order valence-corrected chi connectivity index (χ1v) is 16.8. The Balaban J connectivity index is 2.14. The van der Waals surface area contributed by atoms with Crippen molar-refractivity contribution >= 4 is 76.0 Å². The first-order chi connectivity index (χ1) is 22.1. The summed E-state index contributed by atoms with van der Waals surface area (Å²) in [5.41, 5.74) is 35.0. The first kappa shape index (κ1) is 38.0. The van der Waals surface area contributed by atoms with E-state index < -0.39 is 6.03 Å². The van der Waals surface area contributed by atoms with Crippen molar-refractivity contribution < 1.29 is 14.4 Å². The molecule has 0 bridgehead atoms. The third-order valence-corrected chi connectivity index (χ3v) is 8.35. The number of carbonyl (C=O) groups is 3. The van der Waals surface area contributed by atoms with Gasteiger partial charge in [0, 0.05) is 50.5 Å². The summed E-state index contributed by atoms with van der Waals surface area (Å²) in [5.74, 6) is 0.834. The van der Waals surface area contributed by atoms with Crippen molar-refractivity contribution in [3.8, 4) is 0 Å². The maximum atomic E-state index is 13.3. The summed E-state index contributed by atoms with van der Waals surface area (Å²) in [7, 11) is 0. The molecule has 0 spiro atoms. The van der Waals surface area contributed by atoms with Crippen molar-refractivity contribution in [3.05, 3.63) is 36.4 Å². The number of nitrogens with two attached hydrogens (primary N) is 6. The van der Waals surface area contributed by atoms with Crippen LogP contribution in [0.4, 0.5) is 27.5 Å². The van der Waals surface area contributed by atoms with Crippen LogP contribution in [-0.4, -0.2) is 67.4 Å². The molecule has 16 N–H and O–H groups in total. The van der Waals surface area contributed by atoms with Crippen LogP contribution in [0.15, 0.2) is 56.2 Å². The van der Waals surface area contributed by atoms with Crippen molar-refractivity contribution in [1.82, 2.24) is 0 Å². The molecule has 0 aliphatic heterocycles. The minimum atomic E-state index is -0.504. The van der Waals surface area contributed by atoms with Crippen molar-refractivity contribution in [2.24, 2.45) is 44.4 Å². The number of rotatable bonds is 20. The highest BCUT2D eigenvalue weighted by Gasteiger charge is 2.17. The van der Waals surface area contributed by atoms with E-state index in [1.807, 2.05) is 0 Å². The summed E-state index contributed by atoms with van der Waals surface area (Å²) < 4.78 is 0. The normalized spacial score (nSPS) is 10.5. The fourth-order valence-corrected chi connectivity index (χ4v) is 5.76. The number of benzene rings is 2. The zero-order chi connectivity index (χ0) is 33.7. The van der Waals surface area contributed by atoms with Gasteiger partial charge in [0.2, 0.25) is 11.8 Å². The van der Waals surface area contributed by atoms with Crippen LogP contribution in [0.2, 0.25) is 0 Å². The maximum Gasteiger partial charge on any atom is 0.323 e. The van der Waals surface area contributed by atoms with Crippen molar-refractivity contribution in [2.75, 3.05) is 59.0 Å².